The van der Waals surface area contributed by atoms with Gasteiger partial charge in [0.25, 0.3) is 0 Å². The molecule has 25 heavy (non-hydrogen) atoms. The highest BCUT2D eigenvalue weighted by Crippen LogP contribution is 2.21. The van der Waals surface area contributed by atoms with Gasteiger partial charge in [-0.1, -0.05) is 26.0 Å². The van der Waals surface area contributed by atoms with Crippen LogP contribution in [0.3, 0.4) is 0 Å². The van der Waals surface area contributed by atoms with E-state index in [0.29, 0.717) is 11.6 Å². The molecule has 0 amide bonds. The molecule has 0 unspecified atom stereocenters. The number of aromatic hydroxyl groups is 1. The monoisotopic (exact) mass is 408 g/mol. The Morgan fingerprint density at radius 2 is 1.64 bits per heavy atom. The molecule has 0 aliphatic heterocycles. The summed E-state index contributed by atoms with van der Waals surface area (Å²) in [4.78, 5) is 6.57. The molecule has 0 aliphatic carbocycles. The number of hydrogen-bond donors (Lipinski definition) is 1. The predicted molar refractivity (Wildman–Crippen MR) is 107 cm³/mol. The van der Waals surface area contributed by atoms with Crippen molar-refractivity contribution in [1.29, 1.82) is 0 Å². The normalized spacial score (nSPS) is 10.3. The number of rotatable bonds is 7. The van der Waals surface area contributed by atoms with Crippen molar-refractivity contribution < 1.29 is 9.84 Å². The number of ether oxygens (including phenoxy) is 1. The zero-order valence-electron chi connectivity index (χ0n) is 15.6. The van der Waals surface area contributed by atoms with Crippen LogP contribution < -0.4 is 4.74 Å². The Balaban J connectivity index is 0.000000271. The highest BCUT2D eigenvalue weighted by Gasteiger charge is 2.03. The molecule has 0 saturated carbocycles. The summed E-state index contributed by atoms with van der Waals surface area (Å²) in [5.41, 5.74) is 2.23. The van der Waals surface area contributed by atoms with Gasteiger partial charge < -0.3 is 9.84 Å². The van der Waals surface area contributed by atoms with Crippen LogP contribution in [0.4, 0.5) is 0 Å². The maximum Gasteiger partial charge on any atom is 0.227 e. The van der Waals surface area contributed by atoms with Gasteiger partial charge in [-0.05, 0) is 78.6 Å². The lowest BCUT2D eigenvalue weighted by atomic mass is 10.2. The summed E-state index contributed by atoms with van der Waals surface area (Å²) in [5, 5.41) is 9.18. The van der Waals surface area contributed by atoms with Crippen LogP contribution in [0.5, 0.6) is 11.6 Å². The molecule has 1 heterocycles. The van der Waals surface area contributed by atoms with Crippen LogP contribution in [-0.4, -0.2) is 35.2 Å². The van der Waals surface area contributed by atoms with E-state index in [1.165, 1.54) is 18.4 Å². The first kappa shape index (κ1) is 21.5. The molecule has 0 saturated heterocycles. The van der Waals surface area contributed by atoms with Gasteiger partial charge in [0.1, 0.15) is 5.75 Å². The molecule has 0 aliphatic rings. The number of aromatic nitrogens is 1. The standard InChI is InChI=1S/C13H21NO.C7H8BrNO/c1-3-9-14(10-4-2)11-12-5-7-13(15)8-6-12;1-5-3-4-6(8)7(9-5)10-2/h5-8,15H,3-4,9-11H2,1-2H3;3-4H,1-2H3. The first-order chi connectivity index (χ1) is 12.0. The highest BCUT2D eigenvalue weighted by atomic mass is 79.9. The van der Waals surface area contributed by atoms with Crippen LogP contribution in [-0.2, 0) is 6.54 Å². The molecule has 1 N–H and O–H groups in total. The van der Waals surface area contributed by atoms with Crippen molar-refractivity contribution in [3.05, 3.63) is 52.1 Å². The van der Waals surface area contributed by atoms with Crippen molar-refractivity contribution in [2.75, 3.05) is 20.2 Å². The van der Waals surface area contributed by atoms with Crippen molar-refractivity contribution in [1.82, 2.24) is 9.88 Å². The molecule has 1 aromatic carbocycles. The third-order valence-electron chi connectivity index (χ3n) is 3.57. The van der Waals surface area contributed by atoms with Gasteiger partial charge in [-0.15, -0.1) is 0 Å². The van der Waals surface area contributed by atoms with E-state index in [2.05, 4.69) is 39.7 Å². The van der Waals surface area contributed by atoms with Crippen LogP contribution in [0.2, 0.25) is 0 Å². The molecule has 5 heteroatoms. The number of pyridine rings is 1. The number of phenolic OH excluding ortho intramolecular Hbond substituents is 1. The molecule has 0 atom stereocenters. The molecule has 4 nitrogen and oxygen atoms in total. The number of halogens is 1. The van der Waals surface area contributed by atoms with Gasteiger partial charge in [-0.25, -0.2) is 4.98 Å². The molecule has 1 aromatic heterocycles. The van der Waals surface area contributed by atoms with Crippen LogP contribution in [0.25, 0.3) is 0 Å². The van der Waals surface area contributed by atoms with E-state index in [0.717, 1.165) is 29.8 Å². The zero-order chi connectivity index (χ0) is 18.7. The summed E-state index contributed by atoms with van der Waals surface area (Å²) < 4.78 is 5.86. The van der Waals surface area contributed by atoms with Crippen molar-refractivity contribution >= 4 is 15.9 Å². The van der Waals surface area contributed by atoms with Crippen LogP contribution in [0.1, 0.15) is 37.9 Å². The maximum atomic E-state index is 9.18. The van der Waals surface area contributed by atoms with Gasteiger partial charge in [0.05, 0.1) is 11.6 Å². The molecule has 0 spiro atoms. The van der Waals surface area contributed by atoms with E-state index in [9.17, 15) is 5.11 Å². The van der Waals surface area contributed by atoms with Crippen LogP contribution >= 0.6 is 15.9 Å². The smallest absolute Gasteiger partial charge is 0.227 e. The minimum atomic E-state index is 0.344. The summed E-state index contributed by atoms with van der Waals surface area (Å²) in [7, 11) is 1.60. The Morgan fingerprint density at radius 1 is 1.04 bits per heavy atom. The zero-order valence-corrected chi connectivity index (χ0v) is 17.2. The second-order valence-electron chi connectivity index (χ2n) is 5.89. The van der Waals surface area contributed by atoms with E-state index in [-0.39, 0.29) is 0 Å². The fourth-order valence-corrected chi connectivity index (χ4v) is 2.80. The van der Waals surface area contributed by atoms with E-state index in [4.69, 9.17) is 4.74 Å². The van der Waals surface area contributed by atoms with Crippen molar-refractivity contribution in [3.8, 4) is 11.6 Å². The summed E-state index contributed by atoms with van der Waals surface area (Å²) in [6.45, 7) is 9.62. The topological polar surface area (TPSA) is 45.6 Å². The van der Waals surface area contributed by atoms with E-state index in [1.807, 2.05) is 31.2 Å². The predicted octanol–water partition coefficient (Wildman–Crippen LogP) is 5.18. The minimum absolute atomic E-state index is 0.344. The first-order valence-electron chi connectivity index (χ1n) is 8.67. The van der Waals surface area contributed by atoms with Crippen LogP contribution in [0.15, 0.2) is 40.9 Å². The summed E-state index contributed by atoms with van der Waals surface area (Å²) >= 11 is 3.30. The highest BCUT2D eigenvalue weighted by molar-refractivity contribution is 9.10. The van der Waals surface area contributed by atoms with E-state index in [1.54, 1.807) is 19.2 Å². The third-order valence-corrected chi connectivity index (χ3v) is 4.17. The fourth-order valence-electron chi connectivity index (χ4n) is 2.42. The Labute approximate surface area is 160 Å². The average molecular weight is 409 g/mol. The molecule has 0 bridgehead atoms. The minimum Gasteiger partial charge on any atom is -0.508 e. The number of hydrogen-bond acceptors (Lipinski definition) is 4. The fraction of sp³-hybridized carbons (Fsp3) is 0.450. The van der Waals surface area contributed by atoms with Gasteiger partial charge >= 0.3 is 0 Å². The van der Waals surface area contributed by atoms with Gasteiger partial charge in [0.2, 0.25) is 5.88 Å². The van der Waals surface area contributed by atoms with E-state index < -0.39 is 0 Å². The molecular weight excluding hydrogens is 380 g/mol. The largest absolute Gasteiger partial charge is 0.508 e. The molecule has 138 valence electrons. The van der Waals surface area contributed by atoms with Gasteiger partial charge in [-0.3, -0.25) is 4.90 Å². The summed E-state index contributed by atoms with van der Waals surface area (Å²) in [6.07, 6.45) is 2.39. The Morgan fingerprint density at radius 3 is 2.12 bits per heavy atom. The van der Waals surface area contributed by atoms with Gasteiger partial charge in [0, 0.05) is 12.2 Å². The van der Waals surface area contributed by atoms with Gasteiger partial charge in [0.15, 0.2) is 0 Å². The maximum absolute atomic E-state index is 9.18. The lowest BCUT2D eigenvalue weighted by Crippen LogP contribution is -2.24. The van der Waals surface area contributed by atoms with E-state index >= 15 is 0 Å². The van der Waals surface area contributed by atoms with Crippen LogP contribution in [0, 0.1) is 6.92 Å². The molecule has 0 fully saturated rings. The number of aryl methyl sites for hydroxylation is 1. The quantitative estimate of drug-likeness (QED) is 0.685. The molecule has 2 aromatic rings. The lowest BCUT2D eigenvalue weighted by Gasteiger charge is -2.20. The molecule has 2 rings (SSSR count). The summed E-state index contributed by atoms with van der Waals surface area (Å²) in [5.74, 6) is 0.983. The lowest BCUT2D eigenvalue weighted by molar-refractivity contribution is 0.266. The molecular formula is C20H29BrN2O2. The molecule has 0 radical (unpaired) electrons. The number of methoxy groups -OCH3 is 1. The SMILES string of the molecule is CCCN(CCC)Cc1ccc(O)cc1.COc1nc(C)ccc1Br. The average Bonchev–Trinajstić information content (AvgIpc) is 2.60. The summed E-state index contributed by atoms with van der Waals surface area (Å²) in [6, 6.07) is 11.3. The number of benzene rings is 1. The Kier molecular flexibility index (Phi) is 10.2. The van der Waals surface area contributed by atoms with Crippen molar-refractivity contribution in [2.45, 2.75) is 40.2 Å². The Hall–Kier alpha value is -1.59. The second kappa shape index (κ2) is 11.9. The van der Waals surface area contributed by atoms with Crippen molar-refractivity contribution in [2.24, 2.45) is 0 Å². The second-order valence-corrected chi connectivity index (χ2v) is 6.74. The Bertz CT molecular complexity index is 612. The van der Waals surface area contributed by atoms with Gasteiger partial charge in [-0.2, -0.15) is 0 Å². The number of phenols is 1. The first-order valence-corrected chi connectivity index (χ1v) is 9.46. The number of nitrogens with zero attached hydrogens (tertiary/aromatic N) is 2. The third kappa shape index (κ3) is 8.36. The van der Waals surface area contributed by atoms with Crippen molar-refractivity contribution in [3.63, 3.8) is 0 Å².